The van der Waals surface area contributed by atoms with Gasteiger partial charge in [0.1, 0.15) is 0 Å². The summed E-state index contributed by atoms with van der Waals surface area (Å²) in [6, 6.07) is 0. The van der Waals surface area contributed by atoms with Gasteiger partial charge in [-0.25, -0.2) is 0 Å². The number of ether oxygens (including phenoxy) is 3. The van der Waals surface area contributed by atoms with Crippen LogP contribution < -0.4 is 0 Å². The molecule has 0 atom stereocenters. The van der Waals surface area contributed by atoms with E-state index in [0.29, 0.717) is 6.61 Å². The first-order chi connectivity index (χ1) is 8.38. The summed E-state index contributed by atoms with van der Waals surface area (Å²) in [6.45, 7) is 3.92. The Bertz CT molecular complexity index is 291. The SMILES string of the molecule is C=COCC(OC1=CCCC1)OC1=CCCC1. The first kappa shape index (κ1) is 12.1. The Hall–Kier alpha value is -1.38. The highest BCUT2D eigenvalue weighted by Crippen LogP contribution is 2.24. The summed E-state index contributed by atoms with van der Waals surface area (Å²) in [5.74, 6) is 2.06. The van der Waals surface area contributed by atoms with Crippen molar-refractivity contribution in [2.45, 2.75) is 44.8 Å². The largest absolute Gasteiger partial charge is 0.494 e. The molecule has 0 N–H and O–H groups in total. The van der Waals surface area contributed by atoms with Crippen molar-refractivity contribution < 1.29 is 14.2 Å². The van der Waals surface area contributed by atoms with Gasteiger partial charge >= 0.3 is 0 Å². The van der Waals surface area contributed by atoms with Crippen LogP contribution >= 0.6 is 0 Å². The van der Waals surface area contributed by atoms with E-state index in [0.717, 1.165) is 37.2 Å². The first-order valence-corrected chi connectivity index (χ1v) is 6.32. The van der Waals surface area contributed by atoms with E-state index in [-0.39, 0.29) is 6.29 Å². The molecule has 0 radical (unpaired) electrons. The Kier molecular flexibility index (Phi) is 4.54. The molecule has 2 aliphatic rings. The Morgan fingerprint density at radius 1 is 1.12 bits per heavy atom. The lowest BCUT2D eigenvalue weighted by Gasteiger charge is -2.21. The molecule has 94 valence electrons. The summed E-state index contributed by atoms with van der Waals surface area (Å²) >= 11 is 0. The van der Waals surface area contributed by atoms with Gasteiger partial charge in [0, 0.05) is 12.8 Å². The third-order valence-electron chi connectivity index (χ3n) is 2.91. The molecule has 17 heavy (non-hydrogen) atoms. The predicted molar refractivity (Wildman–Crippen MR) is 66.0 cm³/mol. The fraction of sp³-hybridized carbons (Fsp3) is 0.571. The molecule has 0 fully saturated rings. The van der Waals surface area contributed by atoms with Crippen LogP contribution in [-0.4, -0.2) is 12.9 Å². The van der Waals surface area contributed by atoms with Crippen LogP contribution in [0.4, 0.5) is 0 Å². The van der Waals surface area contributed by atoms with Crippen molar-refractivity contribution in [2.24, 2.45) is 0 Å². The van der Waals surface area contributed by atoms with E-state index in [1.807, 2.05) is 0 Å². The molecule has 0 aromatic carbocycles. The van der Waals surface area contributed by atoms with Crippen molar-refractivity contribution in [3.05, 3.63) is 36.5 Å². The second-order valence-corrected chi connectivity index (χ2v) is 4.29. The van der Waals surface area contributed by atoms with Crippen LogP contribution in [0.1, 0.15) is 38.5 Å². The molecule has 0 spiro atoms. The molecule has 0 amide bonds. The average Bonchev–Trinajstić information content (AvgIpc) is 2.99. The normalized spacial score (nSPS) is 18.9. The zero-order valence-electron chi connectivity index (χ0n) is 10.2. The van der Waals surface area contributed by atoms with Crippen LogP contribution in [0.2, 0.25) is 0 Å². The molecule has 3 nitrogen and oxygen atoms in total. The quantitative estimate of drug-likeness (QED) is 0.499. The minimum Gasteiger partial charge on any atom is -0.494 e. The average molecular weight is 236 g/mol. The lowest BCUT2D eigenvalue weighted by Crippen LogP contribution is -2.21. The lowest BCUT2D eigenvalue weighted by atomic mass is 10.3. The molecule has 3 heteroatoms. The van der Waals surface area contributed by atoms with Gasteiger partial charge in [0.25, 0.3) is 6.29 Å². The fourth-order valence-corrected chi connectivity index (χ4v) is 2.07. The second kappa shape index (κ2) is 6.38. The van der Waals surface area contributed by atoms with E-state index in [9.17, 15) is 0 Å². The summed E-state index contributed by atoms with van der Waals surface area (Å²) in [6.07, 6.45) is 11.9. The highest BCUT2D eigenvalue weighted by Gasteiger charge is 2.18. The summed E-state index contributed by atoms with van der Waals surface area (Å²) < 4.78 is 16.8. The zero-order chi connectivity index (χ0) is 11.9. The predicted octanol–water partition coefficient (Wildman–Crippen LogP) is 3.64. The van der Waals surface area contributed by atoms with Gasteiger partial charge in [-0.3, -0.25) is 0 Å². The van der Waals surface area contributed by atoms with Gasteiger partial charge in [-0.15, -0.1) is 0 Å². The van der Waals surface area contributed by atoms with Gasteiger partial charge in [-0.2, -0.15) is 0 Å². The number of allylic oxidation sites excluding steroid dienone is 4. The summed E-state index contributed by atoms with van der Waals surface area (Å²) in [7, 11) is 0. The van der Waals surface area contributed by atoms with Crippen molar-refractivity contribution in [3.8, 4) is 0 Å². The van der Waals surface area contributed by atoms with Gasteiger partial charge in [0.15, 0.2) is 6.61 Å². The van der Waals surface area contributed by atoms with Crippen LogP contribution in [-0.2, 0) is 14.2 Å². The van der Waals surface area contributed by atoms with E-state index in [1.165, 1.54) is 19.1 Å². The van der Waals surface area contributed by atoms with Crippen LogP contribution in [0.25, 0.3) is 0 Å². The molecule has 0 saturated heterocycles. The monoisotopic (exact) mass is 236 g/mol. The molecule has 0 heterocycles. The molecule has 0 aromatic heterocycles. The van der Waals surface area contributed by atoms with Crippen molar-refractivity contribution in [1.29, 1.82) is 0 Å². The Morgan fingerprint density at radius 2 is 1.71 bits per heavy atom. The second-order valence-electron chi connectivity index (χ2n) is 4.29. The van der Waals surface area contributed by atoms with Crippen LogP contribution in [0.5, 0.6) is 0 Å². The van der Waals surface area contributed by atoms with E-state index in [2.05, 4.69) is 18.7 Å². The van der Waals surface area contributed by atoms with Gasteiger partial charge in [-0.05, 0) is 37.8 Å². The lowest BCUT2D eigenvalue weighted by molar-refractivity contribution is -0.117. The van der Waals surface area contributed by atoms with E-state index >= 15 is 0 Å². The number of hydrogen-bond acceptors (Lipinski definition) is 3. The minimum atomic E-state index is -0.346. The standard InChI is InChI=1S/C14H20O3/c1-2-15-11-14(16-12-7-3-4-8-12)17-13-9-5-6-10-13/h2,7,9,14H,1,3-6,8,10-11H2. The van der Waals surface area contributed by atoms with E-state index < -0.39 is 0 Å². The Balaban J connectivity index is 1.84. The van der Waals surface area contributed by atoms with Crippen molar-refractivity contribution >= 4 is 0 Å². The molecular weight excluding hydrogens is 216 g/mol. The Labute approximate surface area is 103 Å². The number of rotatable bonds is 7. The summed E-state index contributed by atoms with van der Waals surface area (Å²) in [5.41, 5.74) is 0. The molecule has 0 aromatic rings. The highest BCUT2D eigenvalue weighted by atomic mass is 16.7. The molecule has 0 unspecified atom stereocenters. The third kappa shape index (κ3) is 3.84. The van der Waals surface area contributed by atoms with Crippen LogP contribution in [0, 0.1) is 0 Å². The van der Waals surface area contributed by atoms with Gasteiger partial charge in [-0.1, -0.05) is 6.58 Å². The molecule has 2 aliphatic carbocycles. The zero-order valence-corrected chi connectivity index (χ0v) is 10.2. The van der Waals surface area contributed by atoms with Gasteiger partial charge in [0.05, 0.1) is 17.8 Å². The van der Waals surface area contributed by atoms with Gasteiger partial charge in [0.2, 0.25) is 0 Å². The van der Waals surface area contributed by atoms with Crippen LogP contribution in [0.15, 0.2) is 36.5 Å². The summed E-state index contributed by atoms with van der Waals surface area (Å²) in [5, 5.41) is 0. The van der Waals surface area contributed by atoms with E-state index in [1.54, 1.807) is 0 Å². The molecule has 2 rings (SSSR count). The van der Waals surface area contributed by atoms with Crippen LogP contribution in [0.3, 0.4) is 0 Å². The topological polar surface area (TPSA) is 27.7 Å². The van der Waals surface area contributed by atoms with E-state index in [4.69, 9.17) is 14.2 Å². The molecule has 0 bridgehead atoms. The number of hydrogen-bond donors (Lipinski definition) is 0. The van der Waals surface area contributed by atoms with Crippen molar-refractivity contribution in [2.75, 3.05) is 6.61 Å². The van der Waals surface area contributed by atoms with Gasteiger partial charge < -0.3 is 14.2 Å². The fourth-order valence-electron chi connectivity index (χ4n) is 2.07. The minimum absolute atomic E-state index is 0.346. The third-order valence-corrected chi connectivity index (χ3v) is 2.91. The molecular formula is C14H20O3. The first-order valence-electron chi connectivity index (χ1n) is 6.32. The molecule has 0 saturated carbocycles. The maximum absolute atomic E-state index is 5.80. The maximum Gasteiger partial charge on any atom is 0.273 e. The molecule has 0 aliphatic heterocycles. The van der Waals surface area contributed by atoms with Crippen molar-refractivity contribution in [3.63, 3.8) is 0 Å². The smallest absolute Gasteiger partial charge is 0.273 e. The highest BCUT2D eigenvalue weighted by molar-refractivity contribution is 5.02. The Morgan fingerprint density at radius 3 is 2.12 bits per heavy atom. The maximum atomic E-state index is 5.80. The summed E-state index contributed by atoms with van der Waals surface area (Å²) in [4.78, 5) is 0. The van der Waals surface area contributed by atoms with Crippen molar-refractivity contribution in [1.82, 2.24) is 0 Å².